The van der Waals surface area contributed by atoms with E-state index in [1.807, 2.05) is 31.3 Å². The van der Waals surface area contributed by atoms with Crippen LogP contribution in [-0.2, 0) is 0 Å². The molecule has 0 spiro atoms. The minimum Gasteiger partial charge on any atom is -0.497 e. The van der Waals surface area contributed by atoms with Gasteiger partial charge < -0.3 is 15.4 Å². The van der Waals surface area contributed by atoms with Gasteiger partial charge in [0.25, 0.3) is 5.91 Å². The van der Waals surface area contributed by atoms with Gasteiger partial charge in [-0.15, -0.1) is 36.2 Å². The third-order valence-corrected chi connectivity index (χ3v) is 3.85. The standard InChI is InChI=1S/C15H19N3O2S.2ClH/c1-16-8-3-9-17-14(19)13-10-21-15(18-13)11-4-6-12(20-2)7-5-11;;/h4-7,10,16H,3,8-9H2,1-2H3,(H,17,19);2*1H. The normalized spacial score (nSPS) is 9.48. The van der Waals surface area contributed by atoms with Crippen molar-refractivity contribution >= 4 is 42.1 Å². The first-order valence-electron chi connectivity index (χ1n) is 6.77. The predicted molar refractivity (Wildman–Crippen MR) is 99.5 cm³/mol. The lowest BCUT2D eigenvalue weighted by atomic mass is 10.2. The van der Waals surface area contributed by atoms with Gasteiger partial charge in [-0.3, -0.25) is 4.79 Å². The van der Waals surface area contributed by atoms with E-state index in [0.29, 0.717) is 12.2 Å². The molecule has 8 heteroatoms. The molecule has 128 valence electrons. The number of hydrogen-bond acceptors (Lipinski definition) is 5. The van der Waals surface area contributed by atoms with Crippen molar-refractivity contribution in [2.45, 2.75) is 6.42 Å². The van der Waals surface area contributed by atoms with Crippen LogP contribution in [0.3, 0.4) is 0 Å². The number of benzene rings is 1. The molecule has 0 aliphatic carbocycles. The fourth-order valence-electron chi connectivity index (χ4n) is 1.80. The fraction of sp³-hybridized carbons (Fsp3) is 0.333. The highest BCUT2D eigenvalue weighted by Crippen LogP contribution is 2.25. The summed E-state index contributed by atoms with van der Waals surface area (Å²) in [4.78, 5) is 16.3. The third kappa shape index (κ3) is 6.35. The van der Waals surface area contributed by atoms with E-state index in [1.165, 1.54) is 11.3 Å². The number of nitrogens with zero attached hydrogens (tertiary/aromatic N) is 1. The molecule has 0 fully saturated rings. The number of rotatable bonds is 7. The molecule has 23 heavy (non-hydrogen) atoms. The molecular formula is C15H21Cl2N3O2S. The molecular weight excluding hydrogens is 357 g/mol. The van der Waals surface area contributed by atoms with Crippen LogP contribution in [0.2, 0.25) is 0 Å². The van der Waals surface area contributed by atoms with Gasteiger partial charge in [0, 0.05) is 17.5 Å². The Labute approximate surface area is 152 Å². The SMILES string of the molecule is CNCCCNC(=O)c1csc(-c2ccc(OC)cc2)n1.Cl.Cl. The summed E-state index contributed by atoms with van der Waals surface area (Å²) in [5, 5.41) is 8.52. The molecule has 0 unspecified atom stereocenters. The van der Waals surface area contributed by atoms with Crippen LogP contribution in [0.5, 0.6) is 5.75 Å². The van der Waals surface area contributed by atoms with Crippen molar-refractivity contribution in [1.29, 1.82) is 0 Å². The molecule has 0 aliphatic rings. The van der Waals surface area contributed by atoms with Crippen LogP contribution in [0.15, 0.2) is 29.6 Å². The Kier molecular flexibility index (Phi) is 10.6. The summed E-state index contributed by atoms with van der Waals surface area (Å²) in [6, 6.07) is 7.64. The lowest BCUT2D eigenvalue weighted by molar-refractivity contribution is 0.0949. The molecule has 0 atom stereocenters. The number of thiazole rings is 1. The van der Waals surface area contributed by atoms with Gasteiger partial charge in [-0.1, -0.05) is 0 Å². The van der Waals surface area contributed by atoms with Gasteiger partial charge in [0.2, 0.25) is 0 Å². The van der Waals surface area contributed by atoms with E-state index in [0.717, 1.165) is 29.3 Å². The number of nitrogens with one attached hydrogen (secondary N) is 2. The maximum atomic E-state index is 11.9. The number of hydrogen-bond donors (Lipinski definition) is 2. The van der Waals surface area contributed by atoms with E-state index in [1.54, 1.807) is 12.5 Å². The Hall–Kier alpha value is -1.34. The summed E-state index contributed by atoms with van der Waals surface area (Å²) >= 11 is 1.46. The first-order valence-corrected chi connectivity index (χ1v) is 7.65. The van der Waals surface area contributed by atoms with Gasteiger partial charge in [0.05, 0.1) is 7.11 Å². The Morgan fingerprint density at radius 3 is 2.52 bits per heavy atom. The molecule has 1 amide bonds. The average molecular weight is 378 g/mol. The summed E-state index contributed by atoms with van der Waals surface area (Å²) in [5.74, 6) is 0.680. The van der Waals surface area contributed by atoms with Crippen molar-refractivity contribution < 1.29 is 9.53 Å². The molecule has 0 bridgehead atoms. The van der Waals surface area contributed by atoms with Crippen molar-refractivity contribution in [2.24, 2.45) is 0 Å². The summed E-state index contributed by atoms with van der Waals surface area (Å²) in [7, 11) is 3.53. The number of halogens is 2. The van der Waals surface area contributed by atoms with E-state index in [9.17, 15) is 4.79 Å². The summed E-state index contributed by atoms with van der Waals surface area (Å²) in [6.07, 6.45) is 0.901. The van der Waals surface area contributed by atoms with E-state index in [2.05, 4.69) is 15.6 Å². The van der Waals surface area contributed by atoms with Crippen molar-refractivity contribution in [2.75, 3.05) is 27.2 Å². The third-order valence-electron chi connectivity index (χ3n) is 2.96. The van der Waals surface area contributed by atoms with Gasteiger partial charge in [0.1, 0.15) is 16.5 Å². The molecule has 0 saturated carbocycles. The highest BCUT2D eigenvalue weighted by Gasteiger charge is 2.11. The molecule has 1 heterocycles. The van der Waals surface area contributed by atoms with Crippen molar-refractivity contribution in [3.63, 3.8) is 0 Å². The second kappa shape index (κ2) is 11.2. The Bertz CT molecular complexity index is 591. The van der Waals surface area contributed by atoms with Crippen LogP contribution in [0, 0.1) is 0 Å². The lowest BCUT2D eigenvalue weighted by Gasteiger charge is -2.02. The number of aromatic nitrogens is 1. The minimum absolute atomic E-state index is 0. The number of carbonyl (C=O) groups is 1. The Morgan fingerprint density at radius 2 is 1.91 bits per heavy atom. The second-order valence-corrected chi connectivity index (χ2v) is 5.34. The topological polar surface area (TPSA) is 63.2 Å². The average Bonchev–Trinajstić information content (AvgIpc) is 3.01. The molecule has 1 aromatic carbocycles. The van der Waals surface area contributed by atoms with Crippen molar-refractivity contribution in [1.82, 2.24) is 15.6 Å². The van der Waals surface area contributed by atoms with E-state index in [-0.39, 0.29) is 30.7 Å². The highest BCUT2D eigenvalue weighted by atomic mass is 35.5. The largest absolute Gasteiger partial charge is 0.497 e. The van der Waals surface area contributed by atoms with Crippen LogP contribution in [0.4, 0.5) is 0 Å². The molecule has 1 aromatic heterocycles. The van der Waals surface area contributed by atoms with Crippen LogP contribution < -0.4 is 15.4 Å². The van der Waals surface area contributed by atoms with Crippen molar-refractivity contribution in [3.05, 3.63) is 35.3 Å². The van der Waals surface area contributed by atoms with Crippen LogP contribution in [0.1, 0.15) is 16.9 Å². The number of amides is 1. The molecule has 0 saturated heterocycles. The zero-order valence-electron chi connectivity index (χ0n) is 13.0. The number of methoxy groups -OCH3 is 1. The molecule has 0 aliphatic heterocycles. The summed E-state index contributed by atoms with van der Waals surface area (Å²) in [6.45, 7) is 1.53. The van der Waals surface area contributed by atoms with E-state index >= 15 is 0 Å². The molecule has 0 radical (unpaired) electrons. The van der Waals surface area contributed by atoms with Crippen LogP contribution >= 0.6 is 36.2 Å². The lowest BCUT2D eigenvalue weighted by Crippen LogP contribution is -2.26. The summed E-state index contributed by atoms with van der Waals surface area (Å²) in [5.41, 5.74) is 1.45. The van der Waals surface area contributed by atoms with Crippen LogP contribution in [-0.4, -0.2) is 38.1 Å². The van der Waals surface area contributed by atoms with Gasteiger partial charge in [-0.25, -0.2) is 4.98 Å². The van der Waals surface area contributed by atoms with Gasteiger partial charge >= 0.3 is 0 Å². The number of ether oxygens (including phenoxy) is 1. The maximum absolute atomic E-state index is 11.9. The molecule has 2 N–H and O–H groups in total. The number of carbonyl (C=O) groups excluding carboxylic acids is 1. The maximum Gasteiger partial charge on any atom is 0.270 e. The molecule has 2 rings (SSSR count). The van der Waals surface area contributed by atoms with Gasteiger partial charge in [-0.2, -0.15) is 0 Å². The molecule has 2 aromatic rings. The van der Waals surface area contributed by atoms with Crippen molar-refractivity contribution in [3.8, 4) is 16.3 Å². The second-order valence-electron chi connectivity index (χ2n) is 4.48. The highest BCUT2D eigenvalue weighted by molar-refractivity contribution is 7.13. The van der Waals surface area contributed by atoms with Gasteiger partial charge in [0.15, 0.2) is 0 Å². The fourth-order valence-corrected chi connectivity index (χ4v) is 2.61. The monoisotopic (exact) mass is 377 g/mol. The van der Waals surface area contributed by atoms with Crippen LogP contribution in [0.25, 0.3) is 10.6 Å². The molecule has 5 nitrogen and oxygen atoms in total. The minimum atomic E-state index is -0.123. The Balaban J connectivity index is 0.00000242. The zero-order valence-corrected chi connectivity index (χ0v) is 15.4. The smallest absolute Gasteiger partial charge is 0.270 e. The zero-order chi connectivity index (χ0) is 15.1. The van der Waals surface area contributed by atoms with Gasteiger partial charge in [-0.05, 0) is 44.3 Å². The Morgan fingerprint density at radius 1 is 1.22 bits per heavy atom. The summed E-state index contributed by atoms with van der Waals surface area (Å²) < 4.78 is 5.13. The quantitative estimate of drug-likeness (QED) is 0.727. The van der Waals surface area contributed by atoms with E-state index in [4.69, 9.17) is 4.74 Å². The van der Waals surface area contributed by atoms with E-state index < -0.39 is 0 Å². The first kappa shape index (κ1) is 21.7. The predicted octanol–water partition coefficient (Wildman–Crippen LogP) is 3.00. The first-order chi connectivity index (χ1) is 10.2.